The van der Waals surface area contributed by atoms with E-state index in [1.165, 1.54) is 120 Å². The minimum absolute atomic E-state index is 1.17. The number of rotatable bonds is 4. The van der Waals surface area contributed by atoms with Gasteiger partial charge in [-0.05, 0) is 141 Å². The molecular formula is C62H48N2Si2. The fraction of sp³-hybridized carbons (Fsp3) is 0.0645. The molecule has 2 aliphatic rings. The van der Waals surface area contributed by atoms with Crippen LogP contribution in [0.5, 0.6) is 0 Å². The molecule has 66 heavy (non-hydrogen) atoms. The molecule has 13 rings (SSSR count). The summed E-state index contributed by atoms with van der Waals surface area (Å²) >= 11 is 0. The van der Waals surface area contributed by atoms with Crippen molar-refractivity contribution >= 4 is 114 Å². The Balaban J connectivity index is 1.16. The molecule has 0 atom stereocenters. The third-order valence-corrected chi connectivity index (χ3v) is 22.0. The largest absolute Gasteiger partial charge is 0.311 e. The summed E-state index contributed by atoms with van der Waals surface area (Å²) in [6.45, 7) is 10.0. The Morgan fingerprint density at radius 1 is 0.288 bits per heavy atom. The van der Waals surface area contributed by atoms with Crippen LogP contribution in [-0.4, -0.2) is 16.1 Å². The summed E-state index contributed by atoms with van der Waals surface area (Å²) in [5, 5.41) is 15.8. The summed E-state index contributed by atoms with van der Waals surface area (Å²) in [7, 11) is -3.96. The first-order chi connectivity index (χ1) is 32.3. The highest BCUT2D eigenvalue weighted by molar-refractivity contribution is 7.03. The lowest BCUT2D eigenvalue weighted by Gasteiger charge is -2.41. The number of hydrogen-bond donors (Lipinski definition) is 0. The van der Waals surface area contributed by atoms with E-state index in [0.29, 0.717) is 0 Å². The fourth-order valence-electron chi connectivity index (χ4n) is 11.8. The standard InChI is InChI=1S/C62H48N2Si2/c1-65(2)57-28-13-9-24-53(57)63(54-25-10-14-29-58(54)65)45-35-37-50-51(39-45)61(44-33-32-41-18-5-6-20-43(41)38-44)49-36-34-46(40-52(49)62(50)48-23-17-21-42-19-7-8-22-47(42)48)64-55-26-11-15-30-59(55)66(3,4)60-31-16-12-27-56(60)64/h5-40H,1-4H3. The number of anilines is 6. The highest BCUT2D eigenvalue weighted by atomic mass is 28.3. The summed E-state index contributed by atoms with van der Waals surface area (Å²) in [6, 6.07) is 82.7. The van der Waals surface area contributed by atoms with Crippen LogP contribution >= 0.6 is 0 Å². The third kappa shape index (κ3) is 5.65. The first kappa shape index (κ1) is 38.9. The van der Waals surface area contributed by atoms with Gasteiger partial charge in [-0.1, -0.05) is 190 Å². The molecule has 0 N–H and O–H groups in total. The maximum Gasteiger partial charge on any atom is 0.117 e. The van der Waals surface area contributed by atoms with Crippen LogP contribution in [0.3, 0.4) is 0 Å². The zero-order chi connectivity index (χ0) is 44.3. The maximum absolute atomic E-state index is 2.54. The molecule has 0 spiro atoms. The monoisotopic (exact) mass is 876 g/mol. The first-order valence-corrected chi connectivity index (χ1v) is 29.3. The van der Waals surface area contributed by atoms with Crippen molar-refractivity contribution in [2.24, 2.45) is 0 Å². The molecule has 0 amide bonds. The summed E-state index contributed by atoms with van der Waals surface area (Å²) in [6.07, 6.45) is 0. The van der Waals surface area contributed by atoms with Crippen molar-refractivity contribution in [2.45, 2.75) is 26.2 Å². The van der Waals surface area contributed by atoms with Gasteiger partial charge in [0.2, 0.25) is 0 Å². The average Bonchev–Trinajstić information content (AvgIpc) is 3.35. The van der Waals surface area contributed by atoms with E-state index in [-0.39, 0.29) is 0 Å². The van der Waals surface area contributed by atoms with Gasteiger partial charge < -0.3 is 9.80 Å². The smallest absolute Gasteiger partial charge is 0.117 e. The molecule has 0 aromatic heterocycles. The van der Waals surface area contributed by atoms with Crippen molar-refractivity contribution in [1.29, 1.82) is 0 Å². The lowest BCUT2D eigenvalue weighted by atomic mass is 9.84. The van der Waals surface area contributed by atoms with Crippen LogP contribution in [-0.2, 0) is 0 Å². The van der Waals surface area contributed by atoms with Crippen molar-refractivity contribution in [3.8, 4) is 22.3 Å². The van der Waals surface area contributed by atoms with Crippen LogP contribution in [0.1, 0.15) is 0 Å². The highest BCUT2D eigenvalue weighted by Gasteiger charge is 2.40. The molecule has 0 saturated heterocycles. The quantitative estimate of drug-likeness (QED) is 0.128. The van der Waals surface area contributed by atoms with E-state index in [0.717, 1.165) is 0 Å². The van der Waals surface area contributed by atoms with Gasteiger partial charge in [-0.3, -0.25) is 0 Å². The van der Waals surface area contributed by atoms with Crippen LogP contribution in [0, 0.1) is 0 Å². The van der Waals surface area contributed by atoms with Gasteiger partial charge in [0.05, 0.1) is 0 Å². The molecule has 0 aliphatic carbocycles. The second kappa shape index (κ2) is 14.5. The Morgan fingerprint density at radius 3 is 1.26 bits per heavy atom. The second-order valence-corrected chi connectivity index (χ2v) is 27.9. The predicted octanol–water partition coefficient (Wildman–Crippen LogP) is 14.8. The number of benzene rings is 11. The summed E-state index contributed by atoms with van der Waals surface area (Å²) < 4.78 is 0. The lowest BCUT2D eigenvalue weighted by molar-refractivity contribution is 1.29. The Labute approximate surface area is 388 Å². The van der Waals surface area contributed by atoms with Crippen molar-refractivity contribution in [3.05, 3.63) is 218 Å². The van der Waals surface area contributed by atoms with E-state index < -0.39 is 16.1 Å². The van der Waals surface area contributed by atoms with Gasteiger partial charge in [0.25, 0.3) is 0 Å². The van der Waals surface area contributed by atoms with Gasteiger partial charge in [0.15, 0.2) is 0 Å². The summed E-state index contributed by atoms with van der Waals surface area (Å²) in [5.74, 6) is 0. The molecule has 2 aliphatic heterocycles. The number of para-hydroxylation sites is 4. The van der Waals surface area contributed by atoms with Gasteiger partial charge in [0, 0.05) is 34.1 Å². The van der Waals surface area contributed by atoms with Crippen LogP contribution in [0.15, 0.2) is 218 Å². The average molecular weight is 877 g/mol. The van der Waals surface area contributed by atoms with Crippen molar-refractivity contribution < 1.29 is 0 Å². The van der Waals surface area contributed by atoms with E-state index >= 15 is 0 Å². The van der Waals surface area contributed by atoms with E-state index in [1.807, 2.05) is 0 Å². The zero-order valence-electron chi connectivity index (χ0n) is 37.7. The van der Waals surface area contributed by atoms with Crippen LogP contribution < -0.4 is 30.5 Å². The Kier molecular flexibility index (Phi) is 8.55. The SMILES string of the molecule is C[Si]1(C)c2ccccc2N(c2ccc3c(-c4cccc5ccccc45)c4cc(N5c6ccccc6[Si](C)(C)c6ccccc65)ccc4c(-c4ccc5ccccc5c4)c3c2)c2ccccc21. The van der Waals surface area contributed by atoms with E-state index in [1.54, 1.807) is 0 Å². The summed E-state index contributed by atoms with van der Waals surface area (Å²) in [4.78, 5) is 5.07. The molecule has 0 bridgehead atoms. The van der Waals surface area contributed by atoms with E-state index in [2.05, 4.69) is 254 Å². The fourth-order valence-corrected chi connectivity index (χ4v) is 17.7. The number of nitrogens with zero attached hydrogens (tertiary/aromatic N) is 2. The lowest BCUT2D eigenvalue weighted by Crippen LogP contribution is -2.58. The van der Waals surface area contributed by atoms with Gasteiger partial charge in [-0.2, -0.15) is 0 Å². The molecule has 4 heteroatoms. The van der Waals surface area contributed by atoms with E-state index in [9.17, 15) is 0 Å². The summed E-state index contributed by atoms with van der Waals surface area (Å²) in [5.41, 5.74) is 12.4. The van der Waals surface area contributed by atoms with Crippen molar-refractivity contribution in [1.82, 2.24) is 0 Å². The molecule has 0 unspecified atom stereocenters. The molecule has 0 saturated carbocycles. The number of fused-ring (bicyclic) bond motifs is 8. The molecule has 0 radical (unpaired) electrons. The van der Waals surface area contributed by atoms with Gasteiger partial charge in [0.1, 0.15) is 16.1 Å². The minimum atomic E-state index is -1.98. The van der Waals surface area contributed by atoms with Crippen molar-refractivity contribution in [2.75, 3.05) is 9.80 Å². The third-order valence-electron chi connectivity index (χ3n) is 15.0. The van der Waals surface area contributed by atoms with Crippen LogP contribution in [0.25, 0.3) is 65.3 Å². The molecule has 314 valence electrons. The Hall–Kier alpha value is -7.51. The van der Waals surface area contributed by atoms with E-state index in [4.69, 9.17) is 0 Å². The van der Waals surface area contributed by atoms with Crippen LogP contribution in [0.2, 0.25) is 26.2 Å². The zero-order valence-corrected chi connectivity index (χ0v) is 39.7. The maximum atomic E-state index is 2.54. The molecule has 11 aromatic carbocycles. The second-order valence-electron chi connectivity index (χ2n) is 19.3. The van der Waals surface area contributed by atoms with Crippen molar-refractivity contribution in [3.63, 3.8) is 0 Å². The predicted molar refractivity (Wildman–Crippen MR) is 290 cm³/mol. The molecule has 11 aromatic rings. The van der Waals surface area contributed by atoms with Gasteiger partial charge >= 0.3 is 0 Å². The normalized spacial score (nSPS) is 14.5. The molecule has 2 heterocycles. The van der Waals surface area contributed by atoms with Crippen LogP contribution in [0.4, 0.5) is 34.1 Å². The number of hydrogen-bond acceptors (Lipinski definition) is 2. The minimum Gasteiger partial charge on any atom is -0.311 e. The first-order valence-electron chi connectivity index (χ1n) is 23.3. The topological polar surface area (TPSA) is 6.48 Å². The Morgan fingerprint density at radius 2 is 0.712 bits per heavy atom. The molecule has 2 nitrogen and oxygen atoms in total. The molecular weight excluding hydrogens is 829 g/mol. The molecule has 0 fully saturated rings. The highest BCUT2D eigenvalue weighted by Crippen LogP contribution is 2.50. The Bertz CT molecular complexity index is 3710. The van der Waals surface area contributed by atoms with Gasteiger partial charge in [-0.15, -0.1) is 0 Å². The van der Waals surface area contributed by atoms with Gasteiger partial charge in [-0.25, -0.2) is 0 Å².